The molecule has 3 atom stereocenters. The van der Waals surface area contributed by atoms with Crippen molar-refractivity contribution in [1.82, 2.24) is 5.32 Å². The highest BCUT2D eigenvalue weighted by molar-refractivity contribution is 5.84. The van der Waals surface area contributed by atoms with E-state index in [1.165, 1.54) is 6.42 Å². The molecule has 6 nitrogen and oxygen atoms in total. The molecule has 0 saturated heterocycles. The molecule has 0 bridgehead atoms. The van der Waals surface area contributed by atoms with Gasteiger partial charge in [-0.1, -0.05) is 38.0 Å². The topological polar surface area (TPSA) is 76.7 Å². The summed E-state index contributed by atoms with van der Waals surface area (Å²) < 4.78 is 10.7. The molecule has 2 aromatic carbocycles. The third-order valence-electron chi connectivity index (χ3n) is 5.39. The van der Waals surface area contributed by atoms with E-state index >= 15 is 0 Å². The van der Waals surface area contributed by atoms with Crippen molar-refractivity contribution in [3.8, 4) is 5.75 Å². The number of hydrogen-bond donors (Lipinski definition) is 2. The van der Waals surface area contributed by atoms with Gasteiger partial charge in [-0.3, -0.25) is 4.79 Å². The van der Waals surface area contributed by atoms with Gasteiger partial charge in [-0.2, -0.15) is 0 Å². The number of amides is 1. The van der Waals surface area contributed by atoms with Crippen molar-refractivity contribution in [3.63, 3.8) is 0 Å². The molecule has 0 heterocycles. The van der Waals surface area contributed by atoms with Crippen molar-refractivity contribution >= 4 is 23.3 Å². The molecule has 30 heavy (non-hydrogen) atoms. The van der Waals surface area contributed by atoms with Crippen LogP contribution in [0, 0.1) is 5.92 Å². The zero-order valence-corrected chi connectivity index (χ0v) is 17.6. The molecule has 2 N–H and O–H groups in total. The van der Waals surface area contributed by atoms with Gasteiger partial charge in [-0.15, -0.1) is 0 Å². The highest BCUT2D eigenvalue weighted by Gasteiger charge is 2.26. The molecule has 6 heteroatoms. The maximum absolute atomic E-state index is 12.3. The van der Waals surface area contributed by atoms with Gasteiger partial charge in [-0.25, -0.2) is 4.79 Å². The number of rotatable bonds is 8. The number of carbonyl (C=O) groups is 2. The molecular formula is C24H30N2O4. The normalized spacial score (nSPS) is 19.4. The van der Waals surface area contributed by atoms with E-state index in [-0.39, 0.29) is 18.6 Å². The zero-order valence-electron chi connectivity index (χ0n) is 17.6. The van der Waals surface area contributed by atoms with Gasteiger partial charge >= 0.3 is 5.97 Å². The SMILES string of the molecule is C[C@H](OC(=O)COc1ccc(Nc2ccccc2)cc1)C(=O)N[C@H]1CCCC[C@H]1C. The Kier molecular flexibility index (Phi) is 7.71. The number of nitrogens with one attached hydrogen (secondary N) is 2. The largest absolute Gasteiger partial charge is 0.482 e. The number of ether oxygens (including phenoxy) is 2. The third-order valence-corrected chi connectivity index (χ3v) is 5.39. The number of hydrogen-bond acceptors (Lipinski definition) is 5. The summed E-state index contributed by atoms with van der Waals surface area (Å²) in [5.74, 6) is 0.186. The van der Waals surface area contributed by atoms with E-state index in [9.17, 15) is 9.59 Å². The second kappa shape index (κ2) is 10.7. The maximum Gasteiger partial charge on any atom is 0.344 e. The lowest BCUT2D eigenvalue weighted by Gasteiger charge is -2.30. The summed E-state index contributed by atoms with van der Waals surface area (Å²) in [6.45, 7) is 3.49. The summed E-state index contributed by atoms with van der Waals surface area (Å²) in [6.07, 6.45) is 3.58. The zero-order chi connectivity index (χ0) is 21.3. The van der Waals surface area contributed by atoms with E-state index in [2.05, 4.69) is 17.6 Å². The second-order valence-corrected chi connectivity index (χ2v) is 7.81. The quantitative estimate of drug-likeness (QED) is 0.630. The summed E-state index contributed by atoms with van der Waals surface area (Å²) in [5, 5.41) is 6.29. The highest BCUT2D eigenvalue weighted by Crippen LogP contribution is 2.24. The minimum absolute atomic E-state index is 0.159. The molecule has 0 unspecified atom stereocenters. The average Bonchev–Trinajstić information content (AvgIpc) is 2.75. The molecule has 0 aromatic heterocycles. The van der Waals surface area contributed by atoms with Crippen LogP contribution >= 0.6 is 0 Å². The molecule has 0 radical (unpaired) electrons. The van der Waals surface area contributed by atoms with Crippen molar-refractivity contribution in [3.05, 3.63) is 54.6 Å². The molecule has 3 rings (SSSR count). The fourth-order valence-corrected chi connectivity index (χ4v) is 3.58. The number of anilines is 2. The molecule has 1 saturated carbocycles. The Labute approximate surface area is 178 Å². The van der Waals surface area contributed by atoms with Crippen LogP contribution < -0.4 is 15.4 Å². The van der Waals surface area contributed by atoms with E-state index < -0.39 is 12.1 Å². The van der Waals surface area contributed by atoms with Crippen molar-refractivity contribution in [2.45, 2.75) is 51.7 Å². The monoisotopic (exact) mass is 410 g/mol. The van der Waals surface area contributed by atoms with Crippen molar-refractivity contribution in [2.75, 3.05) is 11.9 Å². The predicted octanol–water partition coefficient (Wildman–Crippen LogP) is 4.44. The van der Waals surface area contributed by atoms with Gasteiger partial charge in [0, 0.05) is 17.4 Å². The summed E-state index contributed by atoms with van der Waals surface area (Å²) in [7, 11) is 0. The van der Waals surface area contributed by atoms with Crippen LogP contribution in [-0.2, 0) is 14.3 Å². The van der Waals surface area contributed by atoms with Crippen LogP contribution in [0.15, 0.2) is 54.6 Å². The fourth-order valence-electron chi connectivity index (χ4n) is 3.58. The van der Waals surface area contributed by atoms with Crippen LogP contribution in [0.3, 0.4) is 0 Å². The van der Waals surface area contributed by atoms with Gasteiger partial charge < -0.3 is 20.1 Å². The Morgan fingerprint density at radius 2 is 1.67 bits per heavy atom. The Balaban J connectivity index is 1.40. The van der Waals surface area contributed by atoms with Crippen molar-refractivity contribution < 1.29 is 19.1 Å². The molecule has 0 spiro atoms. The smallest absolute Gasteiger partial charge is 0.344 e. The van der Waals surface area contributed by atoms with Gasteiger partial charge in [0.2, 0.25) is 0 Å². The molecule has 1 amide bonds. The Morgan fingerprint density at radius 3 is 2.37 bits per heavy atom. The number of carbonyl (C=O) groups excluding carboxylic acids is 2. The lowest BCUT2D eigenvalue weighted by Crippen LogP contribution is -2.46. The van der Waals surface area contributed by atoms with Crippen LogP contribution in [-0.4, -0.2) is 30.6 Å². The molecule has 2 aromatic rings. The van der Waals surface area contributed by atoms with E-state index in [0.717, 1.165) is 30.6 Å². The van der Waals surface area contributed by atoms with E-state index in [1.54, 1.807) is 19.1 Å². The van der Waals surface area contributed by atoms with E-state index in [1.807, 2.05) is 42.5 Å². The summed E-state index contributed by atoms with van der Waals surface area (Å²) in [6, 6.07) is 17.3. The van der Waals surface area contributed by atoms with Gasteiger partial charge in [0.05, 0.1) is 0 Å². The van der Waals surface area contributed by atoms with Crippen LogP contribution in [0.1, 0.15) is 39.5 Å². The van der Waals surface area contributed by atoms with E-state index in [4.69, 9.17) is 9.47 Å². The first kappa shape index (κ1) is 21.7. The van der Waals surface area contributed by atoms with Crippen LogP contribution in [0.25, 0.3) is 0 Å². The van der Waals surface area contributed by atoms with Gasteiger partial charge in [0.15, 0.2) is 12.7 Å². The minimum Gasteiger partial charge on any atom is -0.482 e. The van der Waals surface area contributed by atoms with Crippen LogP contribution in [0.2, 0.25) is 0 Å². The first-order chi connectivity index (χ1) is 14.5. The van der Waals surface area contributed by atoms with Crippen molar-refractivity contribution in [2.24, 2.45) is 5.92 Å². The molecule has 160 valence electrons. The van der Waals surface area contributed by atoms with Gasteiger partial charge in [0.1, 0.15) is 5.75 Å². The summed E-state index contributed by atoms with van der Waals surface area (Å²) in [4.78, 5) is 24.4. The first-order valence-corrected chi connectivity index (χ1v) is 10.6. The summed E-state index contributed by atoms with van der Waals surface area (Å²) >= 11 is 0. The maximum atomic E-state index is 12.3. The molecule has 0 aliphatic heterocycles. The van der Waals surface area contributed by atoms with E-state index in [0.29, 0.717) is 11.7 Å². The van der Waals surface area contributed by atoms with Gasteiger partial charge in [0.25, 0.3) is 5.91 Å². The molecule has 1 aliphatic carbocycles. The third kappa shape index (κ3) is 6.51. The highest BCUT2D eigenvalue weighted by atomic mass is 16.6. The van der Waals surface area contributed by atoms with Crippen LogP contribution in [0.4, 0.5) is 11.4 Å². The molecular weight excluding hydrogens is 380 g/mol. The molecule has 1 fully saturated rings. The Bertz CT molecular complexity index is 823. The Morgan fingerprint density at radius 1 is 1.00 bits per heavy atom. The average molecular weight is 411 g/mol. The Hall–Kier alpha value is -3.02. The second-order valence-electron chi connectivity index (χ2n) is 7.81. The minimum atomic E-state index is -0.840. The molecule has 1 aliphatic rings. The standard InChI is InChI=1S/C24H30N2O4/c1-17-8-6-7-11-22(17)26-24(28)18(2)30-23(27)16-29-21-14-12-20(13-15-21)25-19-9-4-3-5-10-19/h3-5,9-10,12-15,17-18,22,25H,6-8,11,16H2,1-2H3,(H,26,28)/t17-,18+,22+/m1/s1. The van der Waals surface area contributed by atoms with Crippen molar-refractivity contribution in [1.29, 1.82) is 0 Å². The fraction of sp³-hybridized carbons (Fsp3) is 0.417. The number of esters is 1. The lowest BCUT2D eigenvalue weighted by molar-refractivity contribution is -0.157. The van der Waals surface area contributed by atoms with Crippen LogP contribution in [0.5, 0.6) is 5.75 Å². The number of para-hydroxylation sites is 1. The van der Waals surface area contributed by atoms with Gasteiger partial charge in [-0.05, 0) is 62.1 Å². The first-order valence-electron chi connectivity index (χ1n) is 10.6. The lowest BCUT2D eigenvalue weighted by atomic mass is 9.86. The predicted molar refractivity (Wildman–Crippen MR) is 117 cm³/mol. The number of benzene rings is 2. The summed E-state index contributed by atoms with van der Waals surface area (Å²) in [5.41, 5.74) is 1.91.